The quantitative estimate of drug-likeness (QED) is 0.654. The van der Waals surface area contributed by atoms with Crippen molar-refractivity contribution in [3.63, 3.8) is 0 Å². The highest BCUT2D eigenvalue weighted by Crippen LogP contribution is 2.33. The summed E-state index contributed by atoms with van der Waals surface area (Å²) in [4.78, 5) is 14.3. The van der Waals surface area contributed by atoms with Crippen LogP contribution in [0.5, 0.6) is 0 Å². The smallest absolute Gasteiger partial charge is 0.256 e. The second kappa shape index (κ2) is 7.89. The molecule has 0 heterocycles. The first-order valence-electron chi connectivity index (χ1n) is 7.50. The molecule has 0 aliphatic carbocycles. The van der Waals surface area contributed by atoms with Gasteiger partial charge in [0.1, 0.15) is 6.07 Å². The Morgan fingerprint density at radius 2 is 1.68 bits per heavy atom. The Kier molecular flexibility index (Phi) is 5.39. The third-order valence-corrected chi connectivity index (χ3v) is 4.83. The number of carbonyl (C=O) groups is 1. The Balaban J connectivity index is 1.88. The van der Waals surface area contributed by atoms with E-state index in [0.717, 1.165) is 9.79 Å². The van der Waals surface area contributed by atoms with Crippen molar-refractivity contribution in [1.82, 2.24) is 0 Å². The molecule has 5 heteroatoms. The molecule has 0 radical (unpaired) electrons. The maximum Gasteiger partial charge on any atom is 0.256 e. The third kappa shape index (κ3) is 4.21. The van der Waals surface area contributed by atoms with E-state index in [2.05, 4.69) is 11.4 Å². The van der Waals surface area contributed by atoms with Crippen LogP contribution in [0.25, 0.3) is 0 Å². The number of nitrogens with zero attached hydrogens (tertiary/aromatic N) is 1. The van der Waals surface area contributed by atoms with Crippen LogP contribution in [0.2, 0.25) is 5.02 Å². The van der Waals surface area contributed by atoms with Gasteiger partial charge in [0.15, 0.2) is 0 Å². The summed E-state index contributed by atoms with van der Waals surface area (Å²) in [6.45, 7) is 0. The largest absolute Gasteiger partial charge is 0.322 e. The number of nitriles is 1. The molecular formula is C20H13ClN2OS. The van der Waals surface area contributed by atoms with Crippen LogP contribution in [0, 0.1) is 11.3 Å². The number of halogens is 1. The summed E-state index contributed by atoms with van der Waals surface area (Å²) in [5.41, 5.74) is 1.76. The minimum absolute atomic E-state index is 0.222. The molecular weight excluding hydrogens is 352 g/mol. The molecule has 3 aromatic rings. The van der Waals surface area contributed by atoms with Gasteiger partial charge in [0.05, 0.1) is 11.1 Å². The van der Waals surface area contributed by atoms with Gasteiger partial charge in [-0.1, -0.05) is 53.7 Å². The van der Waals surface area contributed by atoms with Crippen molar-refractivity contribution in [2.75, 3.05) is 5.32 Å². The predicted octanol–water partition coefficient (Wildman–Crippen LogP) is 5.62. The van der Waals surface area contributed by atoms with Crippen molar-refractivity contribution in [3.8, 4) is 6.07 Å². The summed E-state index contributed by atoms with van der Waals surface area (Å²) in [7, 11) is 0. The predicted molar refractivity (Wildman–Crippen MR) is 101 cm³/mol. The zero-order valence-corrected chi connectivity index (χ0v) is 14.6. The molecule has 3 aromatic carbocycles. The van der Waals surface area contributed by atoms with Gasteiger partial charge in [-0.15, -0.1) is 0 Å². The number of rotatable bonds is 4. The zero-order valence-electron chi connectivity index (χ0n) is 13.1. The maximum absolute atomic E-state index is 12.7. The number of anilines is 1. The third-order valence-electron chi connectivity index (χ3n) is 3.44. The Labute approximate surface area is 155 Å². The number of amides is 1. The Hall–Kier alpha value is -2.74. The molecule has 0 aliphatic rings. The molecule has 25 heavy (non-hydrogen) atoms. The van der Waals surface area contributed by atoms with Crippen LogP contribution in [-0.4, -0.2) is 5.91 Å². The van der Waals surface area contributed by atoms with E-state index in [1.165, 1.54) is 11.8 Å². The van der Waals surface area contributed by atoms with Gasteiger partial charge in [0.25, 0.3) is 5.91 Å². The van der Waals surface area contributed by atoms with E-state index in [0.29, 0.717) is 21.8 Å². The first kappa shape index (κ1) is 17.1. The summed E-state index contributed by atoms with van der Waals surface area (Å²) >= 11 is 7.36. The fourth-order valence-electron chi connectivity index (χ4n) is 2.27. The molecule has 0 atom stereocenters. The highest BCUT2D eigenvalue weighted by molar-refractivity contribution is 7.99. The van der Waals surface area contributed by atoms with Crippen molar-refractivity contribution >= 4 is 35.0 Å². The van der Waals surface area contributed by atoms with E-state index in [1.54, 1.807) is 36.4 Å². The van der Waals surface area contributed by atoms with Crippen LogP contribution >= 0.6 is 23.4 Å². The SMILES string of the molecule is N#Cc1ccccc1Sc1ccccc1C(=O)Nc1cccc(Cl)c1. The first-order valence-corrected chi connectivity index (χ1v) is 8.70. The number of hydrogen-bond donors (Lipinski definition) is 1. The molecule has 0 aliphatic heterocycles. The molecule has 122 valence electrons. The van der Waals surface area contributed by atoms with Crippen LogP contribution in [0.1, 0.15) is 15.9 Å². The van der Waals surface area contributed by atoms with E-state index in [1.807, 2.05) is 36.4 Å². The lowest BCUT2D eigenvalue weighted by Gasteiger charge is -2.11. The van der Waals surface area contributed by atoms with Gasteiger partial charge >= 0.3 is 0 Å². The molecule has 1 N–H and O–H groups in total. The normalized spacial score (nSPS) is 10.1. The van der Waals surface area contributed by atoms with Gasteiger partial charge in [-0.3, -0.25) is 4.79 Å². The molecule has 0 aromatic heterocycles. The summed E-state index contributed by atoms with van der Waals surface area (Å²) in [6.07, 6.45) is 0. The number of benzene rings is 3. The van der Waals surface area contributed by atoms with Crippen molar-refractivity contribution in [1.29, 1.82) is 5.26 Å². The highest BCUT2D eigenvalue weighted by atomic mass is 35.5. The van der Waals surface area contributed by atoms with Crippen molar-refractivity contribution < 1.29 is 4.79 Å². The van der Waals surface area contributed by atoms with Gasteiger partial charge in [0.2, 0.25) is 0 Å². The summed E-state index contributed by atoms with van der Waals surface area (Å²) in [5, 5.41) is 12.7. The molecule has 0 fully saturated rings. The van der Waals surface area contributed by atoms with E-state index in [9.17, 15) is 10.1 Å². The standard InChI is InChI=1S/C20H13ClN2OS/c21-15-7-5-8-16(12-15)23-20(24)17-9-2-4-11-19(17)25-18-10-3-1-6-14(18)13-22/h1-12H,(H,23,24). The van der Waals surface area contributed by atoms with Crippen LogP contribution in [0.15, 0.2) is 82.6 Å². The molecule has 0 saturated heterocycles. The van der Waals surface area contributed by atoms with E-state index >= 15 is 0 Å². The minimum Gasteiger partial charge on any atom is -0.322 e. The fourth-order valence-corrected chi connectivity index (χ4v) is 3.49. The van der Waals surface area contributed by atoms with Crippen LogP contribution in [0.4, 0.5) is 5.69 Å². The lowest BCUT2D eigenvalue weighted by molar-refractivity contribution is 0.102. The van der Waals surface area contributed by atoms with Gasteiger partial charge in [0, 0.05) is 20.5 Å². The van der Waals surface area contributed by atoms with Crippen LogP contribution < -0.4 is 5.32 Å². The second-order valence-corrected chi connectivity index (χ2v) is 6.69. The lowest BCUT2D eigenvalue weighted by Crippen LogP contribution is -2.12. The molecule has 0 bridgehead atoms. The van der Waals surface area contributed by atoms with Gasteiger partial charge in [-0.2, -0.15) is 5.26 Å². The molecule has 0 unspecified atom stereocenters. The van der Waals surface area contributed by atoms with Crippen molar-refractivity contribution in [2.45, 2.75) is 9.79 Å². The lowest BCUT2D eigenvalue weighted by atomic mass is 10.2. The topological polar surface area (TPSA) is 52.9 Å². The monoisotopic (exact) mass is 364 g/mol. The fraction of sp³-hybridized carbons (Fsp3) is 0. The Bertz CT molecular complexity index is 966. The number of nitrogens with one attached hydrogen (secondary N) is 1. The second-order valence-electron chi connectivity index (χ2n) is 5.17. The highest BCUT2D eigenvalue weighted by Gasteiger charge is 2.13. The van der Waals surface area contributed by atoms with Gasteiger partial charge in [-0.05, 0) is 42.5 Å². The first-order chi connectivity index (χ1) is 12.2. The summed E-state index contributed by atoms with van der Waals surface area (Å²) < 4.78 is 0. The molecule has 1 amide bonds. The zero-order chi connectivity index (χ0) is 17.6. The Morgan fingerprint density at radius 1 is 0.960 bits per heavy atom. The van der Waals surface area contributed by atoms with Gasteiger partial charge < -0.3 is 5.32 Å². The van der Waals surface area contributed by atoms with E-state index in [4.69, 9.17) is 11.6 Å². The summed E-state index contributed by atoms with van der Waals surface area (Å²) in [6, 6.07) is 23.8. The molecule has 3 nitrogen and oxygen atoms in total. The van der Waals surface area contributed by atoms with Crippen molar-refractivity contribution in [2.24, 2.45) is 0 Å². The van der Waals surface area contributed by atoms with Gasteiger partial charge in [-0.25, -0.2) is 0 Å². The van der Waals surface area contributed by atoms with Crippen LogP contribution in [-0.2, 0) is 0 Å². The Morgan fingerprint density at radius 3 is 2.44 bits per heavy atom. The van der Waals surface area contributed by atoms with Crippen LogP contribution in [0.3, 0.4) is 0 Å². The summed E-state index contributed by atoms with van der Waals surface area (Å²) in [5.74, 6) is -0.222. The average Bonchev–Trinajstić information content (AvgIpc) is 2.62. The minimum atomic E-state index is -0.222. The number of carbonyl (C=O) groups excluding carboxylic acids is 1. The molecule has 3 rings (SSSR count). The van der Waals surface area contributed by atoms with Crippen molar-refractivity contribution in [3.05, 3.63) is 88.9 Å². The maximum atomic E-state index is 12.7. The van der Waals surface area contributed by atoms with E-state index in [-0.39, 0.29) is 5.91 Å². The van der Waals surface area contributed by atoms with E-state index < -0.39 is 0 Å². The number of hydrogen-bond acceptors (Lipinski definition) is 3. The molecule has 0 saturated carbocycles. The molecule has 0 spiro atoms. The average molecular weight is 365 g/mol.